The Bertz CT molecular complexity index is 423. The molecule has 0 saturated carbocycles. The molecule has 0 amide bonds. The summed E-state index contributed by atoms with van der Waals surface area (Å²) in [6.07, 6.45) is 2.94. The number of hydrogen-bond donors (Lipinski definition) is 1. The lowest BCUT2D eigenvalue weighted by Gasteiger charge is -2.09. The van der Waals surface area contributed by atoms with Crippen molar-refractivity contribution in [3.63, 3.8) is 0 Å². The molecular weight excluding hydrogens is 248 g/mol. The lowest BCUT2D eigenvalue weighted by molar-refractivity contribution is -0.385. The molecule has 0 fully saturated rings. The Morgan fingerprint density at radius 2 is 2.21 bits per heavy atom. The molecule has 7 heteroatoms. The number of nitrogens with one attached hydrogen (secondary N) is 1. The van der Waals surface area contributed by atoms with E-state index in [4.69, 9.17) is 4.74 Å². The van der Waals surface area contributed by atoms with E-state index in [0.29, 0.717) is 19.1 Å². The smallest absolute Gasteiger partial charge is 0.372 e. The predicted molar refractivity (Wildman–Crippen MR) is 72.4 cm³/mol. The maximum absolute atomic E-state index is 11.1. The van der Waals surface area contributed by atoms with E-state index >= 15 is 0 Å². The van der Waals surface area contributed by atoms with E-state index in [2.05, 4.69) is 29.1 Å². The Kier molecular flexibility index (Phi) is 5.98. The fourth-order valence-corrected chi connectivity index (χ4v) is 1.44. The average molecular weight is 268 g/mol. The van der Waals surface area contributed by atoms with Crippen molar-refractivity contribution in [3.05, 3.63) is 16.4 Å². The second kappa shape index (κ2) is 7.50. The first-order chi connectivity index (χ1) is 9.06. The van der Waals surface area contributed by atoms with Gasteiger partial charge in [-0.25, -0.2) is 4.98 Å². The second-order valence-electron chi connectivity index (χ2n) is 4.59. The molecule has 1 heterocycles. The van der Waals surface area contributed by atoms with E-state index in [-0.39, 0.29) is 17.4 Å². The van der Waals surface area contributed by atoms with E-state index in [1.807, 2.05) is 6.92 Å². The van der Waals surface area contributed by atoms with Gasteiger partial charge >= 0.3 is 5.69 Å². The molecule has 0 radical (unpaired) electrons. The van der Waals surface area contributed by atoms with Crippen LogP contribution >= 0.6 is 0 Å². The quantitative estimate of drug-likeness (QED) is 0.575. The van der Waals surface area contributed by atoms with Crippen LogP contribution in [0.1, 0.15) is 33.6 Å². The van der Waals surface area contributed by atoms with Gasteiger partial charge in [-0.05, 0) is 18.8 Å². The van der Waals surface area contributed by atoms with E-state index in [1.54, 1.807) is 0 Å². The Balaban J connectivity index is 2.86. The molecule has 7 nitrogen and oxygen atoms in total. The third kappa shape index (κ3) is 4.69. The van der Waals surface area contributed by atoms with Gasteiger partial charge in [-0.1, -0.05) is 20.8 Å². The maximum atomic E-state index is 11.1. The van der Waals surface area contributed by atoms with Crippen molar-refractivity contribution in [2.75, 3.05) is 18.5 Å². The van der Waals surface area contributed by atoms with E-state index in [9.17, 15) is 10.1 Å². The molecule has 1 aromatic rings. The molecule has 0 aliphatic rings. The summed E-state index contributed by atoms with van der Waals surface area (Å²) in [5, 5.41) is 14.1. The summed E-state index contributed by atoms with van der Waals surface area (Å²) in [6.45, 7) is 7.12. The van der Waals surface area contributed by atoms with Crippen molar-refractivity contribution in [3.8, 4) is 5.88 Å². The Morgan fingerprint density at radius 1 is 1.47 bits per heavy atom. The van der Waals surface area contributed by atoms with Crippen molar-refractivity contribution >= 4 is 11.5 Å². The van der Waals surface area contributed by atoms with Crippen molar-refractivity contribution in [2.24, 2.45) is 5.92 Å². The normalized spacial score (nSPS) is 10.5. The number of ether oxygens (including phenoxy) is 1. The van der Waals surface area contributed by atoms with Crippen molar-refractivity contribution in [1.29, 1.82) is 0 Å². The summed E-state index contributed by atoms with van der Waals surface area (Å²) >= 11 is 0. The van der Waals surface area contributed by atoms with Crippen LogP contribution in [0.4, 0.5) is 11.5 Å². The van der Waals surface area contributed by atoms with Gasteiger partial charge in [0.15, 0.2) is 0 Å². The summed E-state index contributed by atoms with van der Waals surface area (Å²) < 4.78 is 5.28. The summed E-state index contributed by atoms with van der Waals surface area (Å²) in [4.78, 5) is 18.3. The van der Waals surface area contributed by atoms with E-state index < -0.39 is 4.92 Å². The monoisotopic (exact) mass is 268 g/mol. The first kappa shape index (κ1) is 15.1. The van der Waals surface area contributed by atoms with Gasteiger partial charge in [0.05, 0.1) is 11.5 Å². The summed E-state index contributed by atoms with van der Waals surface area (Å²) in [5.74, 6) is 0.754. The van der Waals surface area contributed by atoms with Gasteiger partial charge in [0.2, 0.25) is 5.82 Å². The molecule has 0 aliphatic carbocycles. The predicted octanol–water partition coefficient (Wildman–Crippen LogP) is 2.63. The summed E-state index contributed by atoms with van der Waals surface area (Å²) in [5.41, 5.74) is -0.195. The molecule has 0 atom stereocenters. The zero-order chi connectivity index (χ0) is 14.3. The van der Waals surface area contributed by atoms with Gasteiger partial charge in [0, 0.05) is 6.54 Å². The van der Waals surface area contributed by atoms with Gasteiger partial charge in [-0.3, -0.25) is 10.1 Å². The highest BCUT2D eigenvalue weighted by Gasteiger charge is 2.24. The largest absolute Gasteiger partial charge is 0.473 e. The lowest BCUT2D eigenvalue weighted by atomic mass is 10.1. The summed E-state index contributed by atoms with van der Waals surface area (Å²) in [7, 11) is 0. The van der Waals surface area contributed by atoms with Gasteiger partial charge in [-0.2, -0.15) is 4.98 Å². The minimum atomic E-state index is -0.511. The number of rotatable bonds is 8. The zero-order valence-corrected chi connectivity index (χ0v) is 11.5. The van der Waals surface area contributed by atoms with E-state index in [1.165, 1.54) is 6.33 Å². The lowest BCUT2D eigenvalue weighted by Crippen LogP contribution is -2.10. The number of nitro groups is 1. The van der Waals surface area contributed by atoms with Crippen molar-refractivity contribution < 1.29 is 9.66 Å². The molecule has 0 spiro atoms. The van der Waals surface area contributed by atoms with Crippen LogP contribution < -0.4 is 10.1 Å². The van der Waals surface area contributed by atoms with Crippen LogP contribution in [0.3, 0.4) is 0 Å². The molecule has 0 bridgehead atoms. The molecular formula is C12H20N4O3. The Morgan fingerprint density at radius 3 is 2.79 bits per heavy atom. The molecule has 0 unspecified atom stereocenters. The topological polar surface area (TPSA) is 90.2 Å². The van der Waals surface area contributed by atoms with Gasteiger partial charge < -0.3 is 10.1 Å². The summed E-state index contributed by atoms with van der Waals surface area (Å²) in [6, 6.07) is 0. The molecule has 1 rings (SSSR count). The maximum Gasteiger partial charge on any atom is 0.372 e. The highest BCUT2D eigenvalue weighted by molar-refractivity contribution is 5.61. The fourth-order valence-electron chi connectivity index (χ4n) is 1.44. The standard InChI is InChI=1S/C12H20N4O3/c1-4-7-19-12-10(16(17)18)11(14-8-15-12)13-6-5-9(2)3/h8-9H,4-7H2,1-3H3,(H,13,14,15). The SMILES string of the molecule is CCCOc1ncnc(NCCC(C)C)c1[N+](=O)[O-]. The highest BCUT2D eigenvalue weighted by atomic mass is 16.6. The molecule has 0 saturated heterocycles. The molecule has 106 valence electrons. The van der Waals surface area contributed by atoms with Crippen molar-refractivity contribution in [2.45, 2.75) is 33.6 Å². The molecule has 1 N–H and O–H groups in total. The number of aromatic nitrogens is 2. The highest BCUT2D eigenvalue weighted by Crippen LogP contribution is 2.30. The minimum absolute atomic E-state index is 0.0221. The van der Waals surface area contributed by atoms with Gasteiger partial charge in [0.1, 0.15) is 6.33 Å². The average Bonchev–Trinajstić information content (AvgIpc) is 2.35. The molecule has 19 heavy (non-hydrogen) atoms. The molecule has 0 aliphatic heterocycles. The fraction of sp³-hybridized carbons (Fsp3) is 0.667. The minimum Gasteiger partial charge on any atom is -0.473 e. The number of anilines is 1. The van der Waals surface area contributed by atoms with E-state index in [0.717, 1.165) is 12.8 Å². The third-order valence-electron chi connectivity index (χ3n) is 2.43. The first-order valence-electron chi connectivity index (χ1n) is 6.42. The van der Waals surface area contributed by atoms with Crippen LogP contribution in [0, 0.1) is 16.0 Å². The van der Waals surface area contributed by atoms with Gasteiger partial charge in [0.25, 0.3) is 5.88 Å². The van der Waals surface area contributed by atoms with Crippen molar-refractivity contribution in [1.82, 2.24) is 9.97 Å². The van der Waals surface area contributed by atoms with Crippen LogP contribution in [-0.2, 0) is 0 Å². The van der Waals surface area contributed by atoms with Gasteiger partial charge in [-0.15, -0.1) is 0 Å². The van der Waals surface area contributed by atoms with Crippen LogP contribution in [0.15, 0.2) is 6.33 Å². The second-order valence-corrected chi connectivity index (χ2v) is 4.59. The Hall–Kier alpha value is -1.92. The first-order valence-corrected chi connectivity index (χ1v) is 6.42. The molecule has 1 aromatic heterocycles. The third-order valence-corrected chi connectivity index (χ3v) is 2.43. The molecule has 0 aromatic carbocycles. The van der Waals surface area contributed by atoms with Crippen LogP contribution in [0.5, 0.6) is 5.88 Å². The van der Waals surface area contributed by atoms with Crippen LogP contribution in [0.2, 0.25) is 0 Å². The number of nitrogens with zero attached hydrogens (tertiary/aromatic N) is 3. The number of hydrogen-bond acceptors (Lipinski definition) is 6. The zero-order valence-electron chi connectivity index (χ0n) is 11.5. The van der Waals surface area contributed by atoms with Crippen LogP contribution in [0.25, 0.3) is 0 Å². The van der Waals surface area contributed by atoms with Crippen LogP contribution in [-0.4, -0.2) is 28.0 Å². The Labute approximate surface area is 112 Å².